The van der Waals surface area contributed by atoms with E-state index >= 15 is 0 Å². The quantitative estimate of drug-likeness (QED) is 0.885. The third-order valence-corrected chi connectivity index (χ3v) is 3.56. The van der Waals surface area contributed by atoms with Gasteiger partial charge in [-0.05, 0) is 23.6 Å². The first kappa shape index (κ1) is 14.8. The van der Waals surface area contributed by atoms with E-state index in [1.807, 2.05) is 23.6 Å². The smallest absolute Gasteiger partial charge is 0.243 e. The van der Waals surface area contributed by atoms with Gasteiger partial charge in [-0.1, -0.05) is 18.2 Å². The number of hydrogen-bond acceptors (Lipinski definition) is 4. The number of amides is 2. The van der Waals surface area contributed by atoms with E-state index in [4.69, 9.17) is 5.26 Å². The van der Waals surface area contributed by atoms with Crippen molar-refractivity contribution in [2.24, 2.45) is 0 Å². The van der Waals surface area contributed by atoms with Gasteiger partial charge in [0.05, 0.1) is 24.2 Å². The molecule has 0 aliphatic heterocycles. The summed E-state index contributed by atoms with van der Waals surface area (Å²) in [6.07, 6.45) is 0.264. The zero-order valence-electron chi connectivity index (χ0n) is 11.1. The molecule has 2 aromatic rings. The van der Waals surface area contributed by atoms with Crippen LogP contribution in [0.25, 0.3) is 0 Å². The van der Waals surface area contributed by atoms with Gasteiger partial charge < -0.3 is 10.6 Å². The van der Waals surface area contributed by atoms with Gasteiger partial charge in [0.25, 0.3) is 0 Å². The summed E-state index contributed by atoms with van der Waals surface area (Å²) in [6, 6.07) is 12.4. The lowest BCUT2D eigenvalue weighted by molar-refractivity contribution is -0.123. The van der Waals surface area contributed by atoms with Crippen molar-refractivity contribution in [2.45, 2.75) is 6.42 Å². The van der Waals surface area contributed by atoms with Crippen LogP contribution in [0.1, 0.15) is 10.4 Å². The van der Waals surface area contributed by atoms with Gasteiger partial charge in [0.2, 0.25) is 11.8 Å². The zero-order valence-corrected chi connectivity index (χ0v) is 11.9. The fraction of sp³-hybridized carbons (Fsp3) is 0.133. The normalized spacial score (nSPS) is 9.67. The standard InChI is InChI=1S/C15H13N3O2S/c16-9-11-4-1-2-6-13(11)18-15(20)10-17-14(19)8-12-5-3-7-21-12/h1-7H,8,10H2,(H,17,19)(H,18,20). The van der Waals surface area contributed by atoms with Gasteiger partial charge in [-0.15, -0.1) is 11.3 Å². The van der Waals surface area contributed by atoms with Crippen molar-refractivity contribution in [1.82, 2.24) is 5.32 Å². The van der Waals surface area contributed by atoms with Gasteiger partial charge in [0.1, 0.15) is 6.07 Å². The summed E-state index contributed by atoms with van der Waals surface area (Å²) in [7, 11) is 0. The van der Waals surface area contributed by atoms with Crippen LogP contribution >= 0.6 is 11.3 Å². The summed E-state index contributed by atoms with van der Waals surface area (Å²) in [6.45, 7) is -0.121. The summed E-state index contributed by atoms with van der Waals surface area (Å²) >= 11 is 1.50. The number of para-hydroxylation sites is 1. The molecule has 2 N–H and O–H groups in total. The first-order valence-electron chi connectivity index (χ1n) is 6.27. The summed E-state index contributed by atoms with van der Waals surface area (Å²) < 4.78 is 0. The number of rotatable bonds is 5. The Balaban J connectivity index is 1.82. The second-order valence-corrected chi connectivity index (χ2v) is 5.27. The van der Waals surface area contributed by atoms with Crippen LogP contribution in [0.5, 0.6) is 0 Å². The van der Waals surface area contributed by atoms with Crippen LogP contribution < -0.4 is 10.6 Å². The fourth-order valence-electron chi connectivity index (χ4n) is 1.70. The molecule has 1 aromatic carbocycles. The molecule has 0 aliphatic carbocycles. The van der Waals surface area contributed by atoms with E-state index in [2.05, 4.69) is 10.6 Å². The maximum absolute atomic E-state index is 11.8. The molecule has 0 spiro atoms. The van der Waals surface area contributed by atoms with Gasteiger partial charge in [-0.2, -0.15) is 5.26 Å². The van der Waals surface area contributed by atoms with Crippen LogP contribution in [0.15, 0.2) is 41.8 Å². The topological polar surface area (TPSA) is 82.0 Å². The number of carbonyl (C=O) groups excluding carboxylic acids is 2. The van der Waals surface area contributed by atoms with Crippen molar-refractivity contribution < 1.29 is 9.59 Å². The van der Waals surface area contributed by atoms with Crippen molar-refractivity contribution in [1.29, 1.82) is 5.26 Å². The highest BCUT2D eigenvalue weighted by molar-refractivity contribution is 7.10. The third kappa shape index (κ3) is 4.44. The highest BCUT2D eigenvalue weighted by Gasteiger charge is 2.09. The Kier molecular flexibility index (Phi) is 5.07. The molecular formula is C15H13N3O2S. The van der Waals surface area contributed by atoms with Crippen LogP contribution in [-0.2, 0) is 16.0 Å². The molecule has 0 radical (unpaired) electrons. The molecule has 106 valence electrons. The van der Waals surface area contributed by atoms with Crippen molar-refractivity contribution in [3.63, 3.8) is 0 Å². The van der Waals surface area contributed by atoms with E-state index in [0.717, 1.165) is 4.88 Å². The SMILES string of the molecule is N#Cc1ccccc1NC(=O)CNC(=O)Cc1cccs1. The number of carbonyl (C=O) groups is 2. The molecular weight excluding hydrogens is 286 g/mol. The van der Waals surface area contributed by atoms with E-state index < -0.39 is 0 Å². The molecule has 0 saturated heterocycles. The Morgan fingerprint density at radius 2 is 1.95 bits per heavy atom. The fourth-order valence-corrected chi connectivity index (χ4v) is 2.40. The Hall–Kier alpha value is -2.65. The van der Waals surface area contributed by atoms with Crippen LogP contribution in [0.3, 0.4) is 0 Å². The van der Waals surface area contributed by atoms with E-state index in [-0.39, 0.29) is 24.8 Å². The Morgan fingerprint density at radius 1 is 1.14 bits per heavy atom. The Morgan fingerprint density at radius 3 is 2.67 bits per heavy atom. The summed E-state index contributed by atoms with van der Waals surface area (Å²) in [4.78, 5) is 24.4. The lowest BCUT2D eigenvalue weighted by atomic mass is 10.2. The molecule has 0 unspecified atom stereocenters. The van der Waals surface area contributed by atoms with Crippen molar-refractivity contribution >= 4 is 28.8 Å². The third-order valence-electron chi connectivity index (χ3n) is 2.68. The second-order valence-electron chi connectivity index (χ2n) is 4.24. The van der Waals surface area contributed by atoms with Gasteiger partial charge in [-0.25, -0.2) is 0 Å². The Labute approximate surface area is 126 Å². The molecule has 1 heterocycles. The van der Waals surface area contributed by atoms with Gasteiger partial charge >= 0.3 is 0 Å². The molecule has 0 atom stereocenters. The summed E-state index contributed by atoms with van der Waals surface area (Å²) in [5, 5.41) is 16.0. The van der Waals surface area contributed by atoms with Gasteiger partial charge in [-0.3, -0.25) is 9.59 Å². The predicted octanol–water partition coefficient (Wildman–Crippen LogP) is 1.92. The highest BCUT2D eigenvalue weighted by atomic mass is 32.1. The van der Waals surface area contributed by atoms with Crippen LogP contribution in [-0.4, -0.2) is 18.4 Å². The largest absolute Gasteiger partial charge is 0.347 e. The molecule has 0 aliphatic rings. The minimum atomic E-state index is -0.364. The Bertz CT molecular complexity index is 674. The second kappa shape index (κ2) is 7.22. The lowest BCUT2D eigenvalue weighted by Crippen LogP contribution is -2.33. The van der Waals surface area contributed by atoms with Crippen LogP contribution in [0.2, 0.25) is 0 Å². The molecule has 5 nitrogen and oxygen atoms in total. The number of nitrogens with zero attached hydrogens (tertiary/aromatic N) is 1. The van der Waals surface area contributed by atoms with Gasteiger partial charge in [0, 0.05) is 4.88 Å². The van der Waals surface area contributed by atoms with Crippen LogP contribution in [0.4, 0.5) is 5.69 Å². The molecule has 1 aromatic heterocycles. The lowest BCUT2D eigenvalue weighted by Gasteiger charge is -2.07. The molecule has 0 saturated carbocycles. The zero-order chi connectivity index (χ0) is 15.1. The molecule has 0 fully saturated rings. The average Bonchev–Trinajstić information content (AvgIpc) is 2.98. The predicted molar refractivity (Wildman–Crippen MR) is 80.8 cm³/mol. The van der Waals surface area contributed by atoms with Crippen molar-refractivity contribution in [2.75, 3.05) is 11.9 Å². The minimum absolute atomic E-state index is 0.121. The van der Waals surface area contributed by atoms with Crippen molar-refractivity contribution in [3.8, 4) is 6.07 Å². The van der Waals surface area contributed by atoms with Crippen LogP contribution in [0, 0.1) is 11.3 Å². The number of nitrogens with one attached hydrogen (secondary N) is 2. The number of nitriles is 1. The number of anilines is 1. The molecule has 21 heavy (non-hydrogen) atoms. The average molecular weight is 299 g/mol. The molecule has 0 bridgehead atoms. The van der Waals surface area contributed by atoms with Gasteiger partial charge in [0.15, 0.2) is 0 Å². The molecule has 2 rings (SSSR count). The van der Waals surface area contributed by atoms with E-state index in [1.165, 1.54) is 11.3 Å². The number of benzene rings is 1. The first-order chi connectivity index (χ1) is 10.2. The number of hydrogen-bond donors (Lipinski definition) is 2. The maximum Gasteiger partial charge on any atom is 0.243 e. The highest BCUT2D eigenvalue weighted by Crippen LogP contribution is 2.13. The van der Waals surface area contributed by atoms with E-state index in [0.29, 0.717) is 11.3 Å². The summed E-state index contributed by atoms with van der Waals surface area (Å²) in [5.74, 6) is -0.571. The summed E-state index contributed by atoms with van der Waals surface area (Å²) in [5.41, 5.74) is 0.827. The molecule has 6 heteroatoms. The first-order valence-corrected chi connectivity index (χ1v) is 7.15. The maximum atomic E-state index is 11.8. The van der Waals surface area contributed by atoms with Crippen molar-refractivity contribution in [3.05, 3.63) is 52.2 Å². The molecule has 2 amide bonds. The van der Waals surface area contributed by atoms with E-state index in [9.17, 15) is 9.59 Å². The van der Waals surface area contributed by atoms with E-state index in [1.54, 1.807) is 24.3 Å². The number of thiophene rings is 1. The minimum Gasteiger partial charge on any atom is -0.347 e. The monoisotopic (exact) mass is 299 g/mol.